The lowest BCUT2D eigenvalue weighted by Crippen LogP contribution is -2.12. The summed E-state index contributed by atoms with van der Waals surface area (Å²) in [5.41, 5.74) is -5.05. The van der Waals surface area contributed by atoms with Crippen molar-refractivity contribution in [1.29, 1.82) is 0 Å². The monoisotopic (exact) mass is 461 g/mol. The lowest BCUT2D eigenvalue weighted by Gasteiger charge is -2.17. The minimum Gasteiger partial charge on any atom is -0.258 e. The van der Waals surface area contributed by atoms with Gasteiger partial charge >= 0.3 is 12.4 Å². The molecule has 0 heterocycles. The molecule has 128 valence electrons. The van der Waals surface area contributed by atoms with E-state index in [1.807, 2.05) is 0 Å². The van der Waals surface area contributed by atoms with Crippen LogP contribution in [0.3, 0.4) is 0 Å². The van der Waals surface area contributed by atoms with Gasteiger partial charge in [0.15, 0.2) is 0 Å². The Morgan fingerprint density at radius 3 is 1.75 bits per heavy atom. The molecule has 0 bridgehead atoms. The standard InChI is InChI=1S/C14H6F6INO2/c15-13(16,17)11-5-7(21)1-3-9(11)10-4-2-8(22(23)24)6-12(10)14(18,19)20/h1-6H. The number of nitro benzene ring substituents is 1. The van der Waals surface area contributed by atoms with Crippen LogP contribution in [-0.4, -0.2) is 4.92 Å². The van der Waals surface area contributed by atoms with Crippen molar-refractivity contribution in [3.63, 3.8) is 0 Å². The minimum atomic E-state index is -5.05. The molecule has 0 spiro atoms. The predicted molar refractivity (Wildman–Crippen MR) is 81.3 cm³/mol. The third-order valence-corrected chi connectivity index (χ3v) is 3.77. The molecule has 2 aromatic carbocycles. The highest BCUT2D eigenvalue weighted by atomic mass is 127. The van der Waals surface area contributed by atoms with E-state index in [1.54, 1.807) is 22.6 Å². The number of hydrogen-bond acceptors (Lipinski definition) is 2. The van der Waals surface area contributed by atoms with E-state index in [4.69, 9.17) is 0 Å². The Hall–Kier alpha value is -1.85. The maximum atomic E-state index is 13.2. The van der Waals surface area contributed by atoms with Gasteiger partial charge in [-0.05, 0) is 51.9 Å². The smallest absolute Gasteiger partial charge is 0.258 e. The predicted octanol–water partition coefficient (Wildman–Crippen LogP) is 5.90. The van der Waals surface area contributed by atoms with E-state index in [1.165, 1.54) is 6.07 Å². The average molecular weight is 461 g/mol. The summed E-state index contributed by atoms with van der Waals surface area (Å²) in [6.07, 6.45) is -9.92. The minimum absolute atomic E-state index is 0.194. The van der Waals surface area contributed by atoms with Crippen LogP contribution in [0, 0.1) is 13.7 Å². The lowest BCUT2D eigenvalue weighted by molar-refractivity contribution is -0.385. The molecular formula is C14H6F6INO2. The van der Waals surface area contributed by atoms with Crippen molar-refractivity contribution >= 4 is 28.3 Å². The average Bonchev–Trinajstić information content (AvgIpc) is 2.44. The van der Waals surface area contributed by atoms with Gasteiger partial charge in [-0.3, -0.25) is 10.1 Å². The molecule has 10 heteroatoms. The van der Waals surface area contributed by atoms with Crippen LogP contribution in [-0.2, 0) is 12.4 Å². The number of nitro groups is 1. The summed E-state index contributed by atoms with van der Waals surface area (Å²) in [5, 5.41) is 10.7. The number of halogens is 7. The Morgan fingerprint density at radius 1 is 0.833 bits per heavy atom. The van der Waals surface area contributed by atoms with Crippen LogP contribution in [0.15, 0.2) is 36.4 Å². The summed E-state index contributed by atoms with van der Waals surface area (Å²) in [5.74, 6) is 0. The second-order valence-electron chi connectivity index (χ2n) is 4.67. The third kappa shape index (κ3) is 3.79. The summed E-state index contributed by atoms with van der Waals surface area (Å²) in [6.45, 7) is 0. The second-order valence-corrected chi connectivity index (χ2v) is 5.92. The number of hydrogen-bond donors (Lipinski definition) is 0. The van der Waals surface area contributed by atoms with Crippen LogP contribution in [0.5, 0.6) is 0 Å². The second kappa shape index (κ2) is 6.22. The van der Waals surface area contributed by atoms with Crippen molar-refractivity contribution in [3.8, 4) is 11.1 Å². The summed E-state index contributed by atoms with van der Waals surface area (Å²) < 4.78 is 79.2. The van der Waals surface area contributed by atoms with Gasteiger partial charge in [0.1, 0.15) is 0 Å². The van der Waals surface area contributed by atoms with Crippen molar-refractivity contribution in [2.75, 3.05) is 0 Å². The maximum absolute atomic E-state index is 13.2. The van der Waals surface area contributed by atoms with Crippen LogP contribution < -0.4 is 0 Å². The number of rotatable bonds is 2. The fourth-order valence-electron chi connectivity index (χ4n) is 2.10. The van der Waals surface area contributed by atoms with E-state index < -0.39 is 45.2 Å². The fraction of sp³-hybridized carbons (Fsp3) is 0.143. The molecule has 0 N–H and O–H groups in total. The van der Waals surface area contributed by atoms with E-state index >= 15 is 0 Å². The SMILES string of the molecule is O=[N+]([O-])c1ccc(-c2ccc(I)cc2C(F)(F)F)c(C(F)(F)F)c1. The maximum Gasteiger partial charge on any atom is 0.417 e. The third-order valence-electron chi connectivity index (χ3n) is 3.10. The van der Waals surface area contributed by atoms with Crippen LogP contribution in [0.1, 0.15) is 11.1 Å². The molecule has 24 heavy (non-hydrogen) atoms. The van der Waals surface area contributed by atoms with Gasteiger partial charge in [-0.15, -0.1) is 0 Å². The summed E-state index contributed by atoms with van der Waals surface area (Å²) in [6, 6.07) is 4.51. The first kappa shape index (κ1) is 18.5. The molecule has 2 rings (SSSR count). The lowest BCUT2D eigenvalue weighted by atomic mass is 9.94. The van der Waals surface area contributed by atoms with Gasteiger partial charge in [0.05, 0.1) is 16.1 Å². The molecule has 0 saturated heterocycles. The Balaban J connectivity index is 2.81. The van der Waals surface area contributed by atoms with E-state index in [2.05, 4.69) is 0 Å². The first-order chi connectivity index (χ1) is 10.9. The highest BCUT2D eigenvalue weighted by molar-refractivity contribution is 14.1. The molecule has 0 radical (unpaired) electrons. The number of nitrogens with zero attached hydrogens (tertiary/aromatic N) is 1. The fourth-order valence-corrected chi connectivity index (χ4v) is 2.59. The Morgan fingerprint density at radius 2 is 1.29 bits per heavy atom. The molecule has 0 aliphatic heterocycles. The molecule has 3 nitrogen and oxygen atoms in total. The van der Waals surface area contributed by atoms with Crippen LogP contribution in [0.4, 0.5) is 32.0 Å². The van der Waals surface area contributed by atoms with Crippen molar-refractivity contribution in [2.24, 2.45) is 0 Å². The molecule has 0 unspecified atom stereocenters. The first-order valence-corrected chi connectivity index (χ1v) is 7.22. The quantitative estimate of drug-likeness (QED) is 0.242. The van der Waals surface area contributed by atoms with Crippen molar-refractivity contribution in [2.45, 2.75) is 12.4 Å². The van der Waals surface area contributed by atoms with Gasteiger partial charge in [-0.1, -0.05) is 6.07 Å². The first-order valence-electron chi connectivity index (χ1n) is 6.14. The van der Waals surface area contributed by atoms with Crippen molar-refractivity contribution in [1.82, 2.24) is 0 Å². The number of non-ortho nitro benzene ring substituents is 1. The van der Waals surface area contributed by atoms with Crippen molar-refractivity contribution in [3.05, 3.63) is 61.2 Å². The summed E-state index contributed by atoms with van der Waals surface area (Å²) in [7, 11) is 0. The summed E-state index contributed by atoms with van der Waals surface area (Å²) in [4.78, 5) is 9.61. The largest absolute Gasteiger partial charge is 0.417 e. The zero-order valence-corrected chi connectivity index (χ0v) is 13.5. The highest BCUT2D eigenvalue weighted by Gasteiger charge is 2.39. The van der Waals surface area contributed by atoms with Gasteiger partial charge in [-0.2, -0.15) is 26.3 Å². The molecular weight excluding hydrogens is 455 g/mol. The summed E-state index contributed by atoms with van der Waals surface area (Å²) >= 11 is 1.61. The van der Waals surface area contributed by atoms with Gasteiger partial charge in [0.25, 0.3) is 5.69 Å². The van der Waals surface area contributed by atoms with Gasteiger partial charge in [0, 0.05) is 15.7 Å². The Bertz CT molecular complexity index is 801. The van der Waals surface area contributed by atoms with Crippen molar-refractivity contribution < 1.29 is 31.3 Å². The molecule has 0 aliphatic rings. The van der Waals surface area contributed by atoms with E-state index in [9.17, 15) is 36.5 Å². The normalized spacial score (nSPS) is 12.3. The Labute approximate surface area is 144 Å². The molecule has 0 saturated carbocycles. The topological polar surface area (TPSA) is 43.1 Å². The van der Waals surface area contributed by atoms with E-state index in [0.717, 1.165) is 18.2 Å². The zero-order chi connectivity index (χ0) is 18.3. The van der Waals surface area contributed by atoms with Crippen LogP contribution in [0.25, 0.3) is 11.1 Å². The number of alkyl halides is 6. The highest BCUT2D eigenvalue weighted by Crippen LogP contribution is 2.44. The van der Waals surface area contributed by atoms with E-state index in [0.29, 0.717) is 6.07 Å². The van der Waals surface area contributed by atoms with Gasteiger partial charge in [0.2, 0.25) is 0 Å². The molecule has 0 amide bonds. The van der Waals surface area contributed by atoms with E-state index in [-0.39, 0.29) is 9.64 Å². The zero-order valence-electron chi connectivity index (χ0n) is 11.4. The van der Waals surface area contributed by atoms with Gasteiger partial charge < -0.3 is 0 Å². The van der Waals surface area contributed by atoms with Crippen LogP contribution >= 0.6 is 22.6 Å². The van der Waals surface area contributed by atoms with Crippen LogP contribution in [0.2, 0.25) is 0 Å². The van der Waals surface area contributed by atoms with Gasteiger partial charge in [-0.25, -0.2) is 0 Å². The number of benzene rings is 2. The molecule has 2 aromatic rings. The molecule has 0 atom stereocenters. The Kier molecular flexibility index (Phi) is 4.79. The molecule has 0 fully saturated rings. The molecule has 0 aliphatic carbocycles. The molecule has 0 aromatic heterocycles.